The number of carbonyl (C=O) groups excluding carboxylic acids is 1. The van der Waals surface area contributed by atoms with Crippen LogP contribution in [0.15, 0.2) is 65.1 Å². The summed E-state index contributed by atoms with van der Waals surface area (Å²) in [5.41, 5.74) is 1.99. The molecule has 0 bridgehead atoms. The topological polar surface area (TPSA) is 54.9 Å². The quantitative estimate of drug-likeness (QED) is 0.696. The molecule has 0 fully saturated rings. The van der Waals surface area contributed by atoms with E-state index in [2.05, 4.69) is 15.3 Å². The molecule has 0 saturated heterocycles. The largest absolute Gasteiger partial charge is 0.350 e. The van der Waals surface area contributed by atoms with E-state index < -0.39 is 0 Å². The number of carbonyl (C=O) groups is 1. The third kappa shape index (κ3) is 4.64. The number of pyridine rings is 1. The van der Waals surface area contributed by atoms with E-state index in [1.165, 1.54) is 11.8 Å². The molecule has 1 amide bonds. The molecule has 0 radical (unpaired) electrons. The third-order valence-corrected chi connectivity index (χ3v) is 5.01. The molecule has 1 N–H and O–H groups in total. The molecule has 2 aromatic heterocycles. The van der Waals surface area contributed by atoms with Gasteiger partial charge in [0.05, 0.1) is 18.0 Å². The average molecular weight is 341 g/mol. The number of thioether (sulfide) groups is 1. The van der Waals surface area contributed by atoms with Gasteiger partial charge >= 0.3 is 0 Å². The van der Waals surface area contributed by atoms with Crippen molar-refractivity contribution >= 4 is 29.0 Å². The lowest BCUT2D eigenvalue weighted by molar-refractivity contribution is -0.118. The van der Waals surface area contributed by atoms with Crippen molar-refractivity contribution in [3.63, 3.8) is 0 Å². The van der Waals surface area contributed by atoms with Crippen LogP contribution < -0.4 is 5.32 Å². The highest BCUT2D eigenvalue weighted by Gasteiger charge is 2.07. The van der Waals surface area contributed by atoms with E-state index in [4.69, 9.17) is 0 Å². The number of nitrogens with zero attached hydrogens (tertiary/aromatic N) is 2. The van der Waals surface area contributed by atoms with Crippen molar-refractivity contribution in [2.24, 2.45) is 0 Å². The van der Waals surface area contributed by atoms with E-state index in [-0.39, 0.29) is 5.91 Å². The van der Waals surface area contributed by atoms with Crippen LogP contribution >= 0.6 is 23.1 Å². The Labute approximate surface area is 143 Å². The lowest BCUT2D eigenvalue weighted by Crippen LogP contribution is -2.24. The molecule has 0 spiro atoms. The number of hydrogen-bond donors (Lipinski definition) is 1. The summed E-state index contributed by atoms with van der Waals surface area (Å²) in [6.45, 7) is 0.457. The normalized spacial score (nSPS) is 10.4. The van der Waals surface area contributed by atoms with Gasteiger partial charge in [0.25, 0.3) is 0 Å². The summed E-state index contributed by atoms with van der Waals surface area (Å²) in [6.07, 6.45) is 3.45. The van der Waals surface area contributed by atoms with Crippen molar-refractivity contribution < 1.29 is 4.79 Å². The number of nitrogens with one attached hydrogen (secondary N) is 1. The molecule has 3 rings (SSSR count). The van der Waals surface area contributed by atoms with Crippen LogP contribution in [0.4, 0.5) is 0 Å². The molecule has 0 aliphatic rings. The van der Waals surface area contributed by atoms with Gasteiger partial charge in [-0.2, -0.15) is 0 Å². The van der Waals surface area contributed by atoms with Crippen molar-refractivity contribution in [3.05, 3.63) is 65.9 Å². The Bertz CT molecular complexity index is 760. The van der Waals surface area contributed by atoms with Gasteiger partial charge in [-0.05, 0) is 12.1 Å². The monoisotopic (exact) mass is 341 g/mol. The zero-order valence-electron chi connectivity index (χ0n) is 12.3. The second-order valence-electron chi connectivity index (χ2n) is 4.76. The second kappa shape index (κ2) is 7.89. The molecule has 3 aromatic rings. The zero-order chi connectivity index (χ0) is 15.9. The van der Waals surface area contributed by atoms with Crippen molar-refractivity contribution in [2.45, 2.75) is 11.4 Å². The Morgan fingerprint density at radius 3 is 2.70 bits per heavy atom. The van der Waals surface area contributed by atoms with Gasteiger partial charge in [0.1, 0.15) is 5.01 Å². The van der Waals surface area contributed by atoms with Crippen molar-refractivity contribution in [1.29, 1.82) is 0 Å². The minimum Gasteiger partial charge on any atom is -0.350 e. The summed E-state index contributed by atoms with van der Waals surface area (Å²) in [5, 5.41) is 5.86. The standard InChI is InChI=1S/C17H15N3OS2/c21-16(12-22-15-6-8-18-9-7-15)19-10-14-11-23-17(20-14)13-4-2-1-3-5-13/h1-9,11H,10,12H2,(H,19,21). The third-order valence-electron chi connectivity index (χ3n) is 3.06. The molecule has 116 valence electrons. The summed E-state index contributed by atoms with van der Waals surface area (Å²) in [5.74, 6) is 0.390. The molecular formula is C17H15N3OS2. The summed E-state index contributed by atoms with van der Waals surface area (Å²) < 4.78 is 0. The summed E-state index contributed by atoms with van der Waals surface area (Å²) in [6, 6.07) is 13.8. The highest BCUT2D eigenvalue weighted by molar-refractivity contribution is 8.00. The van der Waals surface area contributed by atoms with E-state index in [1.807, 2.05) is 47.8 Å². The Kier molecular flexibility index (Phi) is 5.39. The van der Waals surface area contributed by atoms with Crippen LogP contribution in [0, 0.1) is 0 Å². The second-order valence-corrected chi connectivity index (χ2v) is 6.67. The Balaban J connectivity index is 1.49. The smallest absolute Gasteiger partial charge is 0.230 e. The highest BCUT2D eigenvalue weighted by atomic mass is 32.2. The molecule has 0 aliphatic heterocycles. The number of amides is 1. The molecule has 0 saturated carbocycles. The van der Waals surface area contributed by atoms with Crippen LogP contribution in [0.5, 0.6) is 0 Å². The minimum atomic E-state index is 0.000994. The molecule has 0 aliphatic carbocycles. The van der Waals surface area contributed by atoms with E-state index in [9.17, 15) is 4.79 Å². The maximum Gasteiger partial charge on any atom is 0.230 e. The Morgan fingerprint density at radius 2 is 1.91 bits per heavy atom. The first-order valence-corrected chi connectivity index (χ1v) is 8.97. The molecule has 1 aromatic carbocycles. The van der Waals surface area contributed by atoms with Gasteiger partial charge in [-0.25, -0.2) is 4.98 Å². The maximum atomic E-state index is 11.9. The Morgan fingerprint density at radius 1 is 1.13 bits per heavy atom. The molecular weight excluding hydrogens is 326 g/mol. The predicted octanol–water partition coefficient (Wildman–Crippen LogP) is 3.61. The van der Waals surface area contributed by atoms with Gasteiger partial charge in [-0.1, -0.05) is 30.3 Å². The Hall–Kier alpha value is -2.18. The SMILES string of the molecule is O=C(CSc1ccncc1)NCc1csc(-c2ccccc2)n1. The highest BCUT2D eigenvalue weighted by Crippen LogP contribution is 2.23. The fraction of sp³-hybridized carbons (Fsp3) is 0.118. The first-order valence-electron chi connectivity index (χ1n) is 7.10. The fourth-order valence-corrected chi connectivity index (χ4v) is 3.46. The zero-order valence-corrected chi connectivity index (χ0v) is 13.9. The van der Waals surface area contributed by atoms with Gasteiger partial charge in [0, 0.05) is 28.2 Å². The van der Waals surface area contributed by atoms with Gasteiger partial charge in [0.15, 0.2) is 0 Å². The van der Waals surface area contributed by atoms with Crippen molar-refractivity contribution in [2.75, 3.05) is 5.75 Å². The van der Waals surface area contributed by atoms with Crippen LogP contribution in [-0.2, 0) is 11.3 Å². The lowest BCUT2D eigenvalue weighted by Gasteiger charge is -2.03. The number of benzene rings is 1. The molecule has 4 nitrogen and oxygen atoms in total. The first-order chi connectivity index (χ1) is 11.3. The number of aromatic nitrogens is 2. The van der Waals surface area contributed by atoms with Crippen molar-refractivity contribution in [1.82, 2.24) is 15.3 Å². The summed E-state index contributed by atoms with van der Waals surface area (Å²) in [7, 11) is 0. The van der Waals surface area contributed by atoms with Gasteiger partial charge in [0.2, 0.25) is 5.91 Å². The van der Waals surface area contributed by atoms with Crippen LogP contribution in [0.1, 0.15) is 5.69 Å². The number of thiazole rings is 1. The molecule has 2 heterocycles. The predicted molar refractivity (Wildman–Crippen MR) is 94.4 cm³/mol. The van der Waals surface area contributed by atoms with Crippen LogP contribution in [0.2, 0.25) is 0 Å². The number of rotatable bonds is 6. The summed E-state index contributed by atoms with van der Waals surface area (Å²) >= 11 is 3.09. The summed E-state index contributed by atoms with van der Waals surface area (Å²) in [4.78, 5) is 21.4. The van der Waals surface area contributed by atoms with E-state index in [0.717, 1.165) is 21.2 Å². The van der Waals surface area contributed by atoms with Crippen LogP contribution in [0.3, 0.4) is 0 Å². The average Bonchev–Trinajstić information content (AvgIpc) is 3.09. The molecule has 0 atom stereocenters. The van der Waals surface area contributed by atoms with Gasteiger partial charge < -0.3 is 5.32 Å². The van der Waals surface area contributed by atoms with Gasteiger partial charge in [-0.3, -0.25) is 9.78 Å². The molecule has 0 unspecified atom stereocenters. The fourth-order valence-electron chi connectivity index (χ4n) is 1.93. The number of hydrogen-bond acceptors (Lipinski definition) is 5. The first kappa shape index (κ1) is 15.7. The van der Waals surface area contributed by atoms with E-state index in [0.29, 0.717) is 12.3 Å². The minimum absolute atomic E-state index is 0.000994. The van der Waals surface area contributed by atoms with Crippen LogP contribution in [0.25, 0.3) is 10.6 Å². The van der Waals surface area contributed by atoms with Crippen LogP contribution in [-0.4, -0.2) is 21.6 Å². The van der Waals surface area contributed by atoms with E-state index in [1.54, 1.807) is 23.7 Å². The lowest BCUT2D eigenvalue weighted by atomic mass is 10.2. The molecule has 6 heteroatoms. The van der Waals surface area contributed by atoms with E-state index >= 15 is 0 Å². The molecule has 23 heavy (non-hydrogen) atoms. The maximum absolute atomic E-state index is 11.9. The van der Waals surface area contributed by atoms with Crippen molar-refractivity contribution in [3.8, 4) is 10.6 Å². The van der Waals surface area contributed by atoms with Gasteiger partial charge in [-0.15, -0.1) is 23.1 Å².